The largest absolute Gasteiger partial charge is 0.481 e. The molecular weight excluding hydrogens is 326 g/mol. The van der Waals surface area contributed by atoms with Crippen molar-refractivity contribution in [3.8, 4) is 11.1 Å². The van der Waals surface area contributed by atoms with Crippen LogP contribution in [0.2, 0.25) is 0 Å². The standard InChI is InChI=1S/C21H27N3O2/c1-13(2)24(4)20-9-14(3)15(6-8-21(25)26)11-18(20)16-5-7-19(23)17(10-16)12-22/h5,7,9-13,22H,6,8,23H2,1-4H3,(H,25,26). The fourth-order valence-corrected chi connectivity index (χ4v) is 2.92. The highest BCUT2D eigenvalue weighted by Gasteiger charge is 2.16. The Labute approximate surface area is 155 Å². The molecule has 0 aliphatic heterocycles. The van der Waals surface area contributed by atoms with Crippen molar-refractivity contribution in [2.45, 2.75) is 39.7 Å². The Bertz CT molecular complexity index is 828. The summed E-state index contributed by atoms with van der Waals surface area (Å²) in [5.41, 5.74) is 12.4. The topological polar surface area (TPSA) is 90.4 Å². The number of rotatable bonds is 7. The van der Waals surface area contributed by atoms with E-state index in [1.165, 1.54) is 6.21 Å². The van der Waals surface area contributed by atoms with Gasteiger partial charge in [0, 0.05) is 48.2 Å². The fourth-order valence-electron chi connectivity index (χ4n) is 2.92. The van der Waals surface area contributed by atoms with Crippen molar-refractivity contribution in [2.75, 3.05) is 17.7 Å². The van der Waals surface area contributed by atoms with Gasteiger partial charge in [0.25, 0.3) is 0 Å². The first-order valence-corrected chi connectivity index (χ1v) is 8.73. The lowest BCUT2D eigenvalue weighted by Crippen LogP contribution is -2.26. The molecule has 2 rings (SSSR count). The number of carbonyl (C=O) groups is 1. The molecule has 0 saturated carbocycles. The van der Waals surface area contributed by atoms with Crippen LogP contribution in [0.4, 0.5) is 11.4 Å². The van der Waals surface area contributed by atoms with Gasteiger partial charge in [0.1, 0.15) is 0 Å². The van der Waals surface area contributed by atoms with Crippen LogP contribution in [-0.2, 0) is 11.2 Å². The van der Waals surface area contributed by atoms with Gasteiger partial charge in [-0.15, -0.1) is 0 Å². The predicted octanol–water partition coefficient (Wildman–Crippen LogP) is 4.10. The summed E-state index contributed by atoms with van der Waals surface area (Å²) in [5, 5.41) is 16.6. The molecule has 0 aliphatic rings. The molecule has 0 saturated heterocycles. The van der Waals surface area contributed by atoms with Gasteiger partial charge in [0.05, 0.1) is 0 Å². The lowest BCUT2D eigenvalue weighted by atomic mass is 9.93. The predicted molar refractivity (Wildman–Crippen MR) is 108 cm³/mol. The van der Waals surface area contributed by atoms with Gasteiger partial charge in [-0.3, -0.25) is 4.79 Å². The summed E-state index contributed by atoms with van der Waals surface area (Å²) in [7, 11) is 2.05. The average molecular weight is 353 g/mol. The summed E-state index contributed by atoms with van der Waals surface area (Å²) in [6.45, 7) is 6.28. The second kappa shape index (κ2) is 8.04. The third kappa shape index (κ3) is 4.23. The first-order chi connectivity index (χ1) is 12.2. The van der Waals surface area contributed by atoms with Crippen molar-refractivity contribution in [1.29, 1.82) is 5.41 Å². The van der Waals surface area contributed by atoms with Gasteiger partial charge in [-0.05, 0) is 68.1 Å². The molecule has 4 N–H and O–H groups in total. The van der Waals surface area contributed by atoms with E-state index in [4.69, 9.17) is 16.2 Å². The molecule has 0 radical (unpaired) electrons. The highest BCUT2D eigenvalue weighted by molar-refractivity contribution is 5.90. The molecule has 0 aromatic heterocycles. The molecule has 5 nitrogen and oxygen atoms in total. The van der Waals surface area contributed by atoms with Gasteiger partial charge >= 0.3 is 5.97 Å². The first-order valence-electron chi connectivity index (χ1n) is 8.73. The van der Waals surface area contributed by atoms with Crippen molar-refractivity contribution in [1.82, 2.24) is 0 Å². The monoisotopic (exact) mass is 353 g/mol. The van der Waals surface area contributed by atoms with Crippen molar-refractivity contribution in [2.24, 2.45) is 0 Å². The molecule has 0 fully saturated rings. The molecule has 0 bridgehead atoms. The third-order valence-electron chi connectivity index (χ3n) is 4.77. The van der Waals surface area contributed by atoms with Crippen LogP contribution in [0.25, 0.3) is 11.1 Å². The quantitative estimate of drug-likeness (QED) is 0.516. The number of aliphatic carboxylic acids is 1. The van der Waals surface area contributed by atoms with E-state index in [0.717, 1.165) is 27.9 Å². The van der Waals surface area contributed by atoms with E-state index in [1.807, 2.05) is 25.1 Å². The van der Waals surface area contributed by atoms with Crippen molar-refractivity contribution >= 4 is 23.6 Å². The number of nitrogens with zero attached hydrogens (tertiary/aromatic N) is 1. The zero-order valence-electron chi connectivity index (χ0n) is 15.8. The number of hydrogen-bond donors (Lipinski definition) is 3. The molecule has 2 aromatic carbocycles. The van der Waals surface area contributed by atoms with Gasteiger partial charge in [0.15, 0.2) is 0 Å². The van der Waals surface area contributed by atoms with Gasteiger partial charge in [-0.2, -0.15) is 0 Å². The van der Waals surface area contributed by atoms with Crippen LogP contribution in [-0.4, -0.2) is 30.4 Å². The highest BCUT2D eigenvalue weighted by atomic mass is 16.4. The van der Waals surface area contributed by atoms with Crippen molar-refractivity contribution < 1.29 is 9.90 Å². The molecule has 2 aromatic rings. The summed E-state index contributed by atoms with van der Waals surface area (Å²) in [4.78, 5) is 13.2. The average Bonchev–Trinajstić information content (AvgIpc) is 2.60. The molecular formula is C21H27N3O2. The third-order valence-corrected chi connectivity index (χ3v) is 4.77. The molecule has 0 spiro atoms. The maximum Gasteiger partial charge on any atom is 0.303 e. The molecule has 138 valence electrons. The van der Waals surface area contributed by atoms with Crippen LogP contribution in [0.15, 0.2) is 30.3 Å². The van der Waals surface area contributed by atoms with Crippen LogP contribution in [0.1, 0.15) is 37.0 Å². The van der Waals surface area contributed by atoms with Crippen LogP contribution in [0.5, 0.6) is 0 Å². The highest BCUT2D eigenvalue weighted by Crippen LogP contribution is 2.35. The Hall–Kier alpha value is -2.82. The summed E-state index contributed by atoms with van der Waals surface area (Å²) in [6.07, 6.45) is 1.85. The maximum absolute atomic E-state index is 11.0. The second-order valence-corrected chi connectivity index (χ2v) is 6.88. The van der Waals surface area contributed by atoms with Crippen molar-refractivity contribution in [3.63, 3.8) is 0 Å². The summed E-state index contributed by atoms with van der Waals surface area (Å²) < 4.78 is 0. The summed E-state index contributed by atoms with van der Waals surface area (Å²) in [6, 6.07) is 10.2. The van der Waals surface area contributed by atoms with Crippen molar-refractivity contribution in [3.05, 3.63) is 47.0 Å². The number of nitrogens with two attached hydrogens (primary N) is 1. The molecule has 26 heavy (non-hydrogen) atoms. The van der Waals surface area contributed by atoms with Crippen LogP contribution in [0.3, 0.4) is 0 Å². The zero-order valence-corrected chi connectivity index (χ0v) is 15.8. The lowest BCUT2D eigenvalue weighted by Gasteiger charge is -2.28. The molecule has 0 amide bonds. The number of nitrogens with one attached hydrogen (secondary N) is 1. The van der Waals surface area contributed by atoms with Crippen LogP contribution in [0, 0.1) is 12.3 Å². The minimum Gasteiger partial charge on any atom is -0.481 e. The molecule has 0 aliphatic carbocycles. The summed E-state index contributed by atoms with van der Waals surface area (Å²) >= 11 is 0. The smallest absolute Gasteiger partial charge is 0.303 e. The normalized spacial score (nSPS) is 10.8. The minimum atomic E-state index is -0.798. The van der Waals surface area contributed by atoms with E-state index in [-0.39, 0.29) is 6.42 Å². The number of nitrogen functional groups attached to an aromatic ring is 1. The van der Waals surface area contributed by atoms with E-state index < -0.39 is 5.97 Å². The SMILES string of the molecule is Cc1cc(N(C)C(C)C)c(-c2ccc(N)c(C=N)c2)cc1CCC(=O)O. The number of anilines is 2. The Morgan fingerprint density at radius 2 is 2.00 bits per heavy atom. The number of aryl methyl sites for hydroxylation is 2. The van der Waals surface area contributed by atoms with E-state index >= 15 is 0 Å². The Morgan fingerprint density at radius 1 is 1.31 bits per heavy atom. The van der Waals surface area contributed by atoms with E-state index in [9.17, 15) is 4.79 Å². The van der Waals surface area contributed by atoms with Crippen LogP contribution >= 0.6 is 0 Å². The van der Waals surface area contributed by atoms with Gasteiger partial charge in [-0.1, -0.05) is 6.07 Å². The summed E-state index contributed by atoms with van der Waals surface area (Å²) in [5.74, 6) is -0.798. The minimum absolute atomic E-state index is 0.104. The van der Waals surface area contributed by atoms with E-state index in [1.54, 1.807) is 0 Å². The molecule has 0 heterocycles. The molecule has 0 atom stereocenters. The van der Waals surface area contributed by atoms with Gasteiger partial charge in [0.2, 0.25) is 0 Å². The number of carboxylic acid groups (broad SMARTS) is 1. The zero-order chi connectivity index (χ0) is 19.4. The Morgan fingerprint density at radius 3 is 2.58 bits per heavy atom. The Balaban J connectivity index is 2.64. The number of carboxylic acids is 1. The second-order valence-electron chi connectivity index (χ2n) is 6.88. The number of benzene rings is 2. The maximum atomic E-state index is 11.0. The fraction of sp³-hybridized carbons (Fsp3) is 0.333. The van der Waals surface area contributed by atoms with Crippen LogP contribution < -0.4 is 10.6 Å². The molecule has 5 heteroatoms. The number of hydrogen-bond acceptors (Lipinski definition) is 4. The lowest BCUT2D eigenvalue weighted by molar-refractivity contribution is -0.136. The molecule has 0 unspecified atom stereocenters. The van der Waals surface area contributed by atoms with Gasteiger partial charge in [-0.25, -0.2) is 0 Å². The van der Waals surface area contributed by atoms with E-state index in [0.29, 0.717) is 23.7 Å². The van der Waals surface area contributed by atoms with Gasteiger partial charge < -0.3 is 21.1 Å². The Kier molecular flexibility index (Phi) is 6.03. The van der Waals surface area contributed by atoms with E-state index in [2.05, 4.69) is 37.9 Å². The first kappa shape index (κ1) is 19.5.